The second kappa shape index (κ2) is 7.40. The first-order chi connectivity index (χ1) is 13.2. The van der Waals surface area contributed by atoms with Gasteiger partial charge in [0.2, 0.25) is 5.89 Å². The zero-order valence-corrected chi connectivity index (χ0v) is 15.7. The normalized spacial score (nSPS) is 19.6. The summed E-state index contributed by atoms with van der Waals surface area (Å²) >= 11 is 0. The van der Waals surface area contributed by atoms with Crippen molar-refractivity contribution in [2.45, 2.75) is 38.8 Å². The number of ether oxygens (including phenoxy) is 1. The number of anilines is 1. The van der Waals surface area contributed by atoms with Crippen molar-refractivity contribution in [1.82, 2.24) is 25.1 Å². The maximum absolute atomic E-state index is 5.61. The molecule has 0 radical (unpaired) electrons. The van der Waals surface area contributed by atoms with Crippen LogP contribution in [-0.4, -0.2) is 44.9 Å². The molecule has 4 rings (SSSR count). The van der Waals surface area contributed by atoms with Crippen LogP contribution in [0.2, 0.25) is 0 Å². The van der Waals surface area contributed by atoms with Crippen LogP contribution in [0.15, 0.2) is 35.0 Å². The van der Waals surface area contributed by atoms with Crippen molar-refractivity contribution in [3.63, 3.8) is 0 Å². The third kappa shape index (κ3) is 3.52. The van der Waals surface area contributed by atoms with E-state index in [0.717, 1.165) is 30.0 Å². The highest BCUT2D eigenvalue weighted by atomic mass is 16.5. The van der Waals surface area contributed by atoms with Crippen molar-refractivity contribution >= 4 is 5.82 Å². The third-order valence-corrected chi connectivity index (χ3v) is 4.74. The van der Waals surface area contributed by atoms with Gasteiger partial charge in [-0.25, -0.2) is 9.97 Å². The minimum Gasteiger partial charge on any atom is -0.380 e. The number of aromatic nitrogens is 5. The summed E-state index contributed by atoms with van der Waals surface area (Å²) in [7, 11) is 1.72. The summed E-state index contributed by atoms with van der Waals surface area (Å²) in [5.41, 5.74) is 1.71. The van der Waals surface area contributed by atoms with E-state index in [1.807, 2.05) is 31.2 Å². The molecule has 2 atom stereocenters. The highest BCUT2D eigenvalue weighted by Crippen LogP contribution is 2.36. The molecule has 1 aliphatic rings. The van der Waals surface area contributed by atoms with Gasteiger partial charge in [0, 0.05) is 38.0 Å². The third-order valence-electron chi connectivity index (χ3n) is 4.74. The van der Waals surface area contributed by atoms with Gasteiger partial charge in [0.05, 0.1) is 6.10 Å². The van der Waals surface area contributed by atoms with E-state index in [9.17, 15) is 0 Å². The lowest BCUT2D eigenvalue weighted by Gasteiger charge is -2.23. The van der Waals surface area contributed by atoms with Crippen LogP contribution in [0.25, 0.3) is 11.5 Å². The average molecular weight is 366 g/mol. The van der Waals surface area contributed by atoms with Gasteiger partial charge in [-0.15, -0.1) is 0 Å². The molecule has 27 heavy (non-hydrogen) atoms. The summed E-state index contributed by atoms with van der Waals surface area (Å²) in [5, 5.41) is 3.94. The molecule has 3 aromatic rings. The second-order valence-corrected chi connectivity index (χ2v) is 6.55. The number of aryl methyl sites for hydroxylation is 2. The van der Waals surface area contributed by atoms with Crippen molar-refractivity contribution in [3.05, 3.63) is 47.9 Å². The quantitative estimate of drug-likeness (QED) is 0.681. The largest absolute Gasteiger partial charge is 0.380 e. The van der Waals surface area contributed by atoms with Crippen molar-refractivity contribution in [2.75, 3.05) is 18.6 Å². The van der Waals surface area contributed by atoms with Gasteiger partial charge in [0.1, 0.15) is 17.6 Å². The van der Waals surface area contributed by atoms with Crippen molar-refractivity contribution in [3.8, 4) is 11.5 Å². The van der Waals surface area contributed by atoms with E-state index in [2.05, 4.69) is 31.9 Å². The van der Waals surface area contributed by atoms with Crippen LogP contribution in [-0.2, 0) is 11.2 Å². The number of methoxy groups -OCH3 is 1. The van der Waals surface area contributed by atoms with Gasteiger partial charge in [-0.05, 0) is 25.5 Å². The molecule has 3 aromatic heterocycles. The fourth-order valence-corrected chi connectivity index (χ4v) is 3.32. The fraction of sp³-hybridized carbons (Fsp3) is 0.421. The Kier molecular flexibility index (Phi) is 4.81. The Morgan fingerprint density at radius 2 is 2.15 bits per heavy atom. The molecule has 8 nitrogen and oxygen atoms in total. The Balaban J connectivity index is 1.76. The van der Waals surface area contributed by atoms with E-state index in [4.69, 9.17) is 14.2 Å². The van der Waals surface area contributed by atoms with E-state index in [1.165, 1.54) is 0 Å². The average Bonchev–Trinajstić information content (AvgIpc) is 3.34. The molecule has 2 unspecified atom stereocenters. The molecule has 4 heterocycles. The first-order valence-corrected chi connectivity index (χ1v) is 9.07. The lowest BCUT2D eigenvalue weighted by Crippen LogP contribution is -2.26. The van der Waals surface area contributed by atoms with E-state index in [0.29, 0.717) is 24.1 Å². The summed E-state index contributed by atoms with van der Waals surface area (Å²) in [5.74, 6) is 2.65. The summed E-state index contributed by atoms with van der Waals surface area (Å²) in [6.45, 7) is 4.60. The molecule has 1 fully saturated rings. The Morgan fingerprint density at radius 1 is 1.26 bits per heavy atom. The summed E-state index contributed by atoms with van der Waals surface area (Å²) in [6.07, 6.45) is 3.39. The number of rotatable bonds is 5. The summed E-state index contributed by atoms with van der Waals surface area (Å²) < 4.78 is 11.1. The van der Waals surface area contributed by atoms with Gasteiger partial charge >= 0.3 is 0 Å². The Labute approximate surface area is 157 Å². The SMILES string of the molecule is CCc1cc(N2CC(OC)CC2c2nc(C)no2)nc(-c2ccccn2)n1. The van der Waals surface area contributed by atoms with Gasteiger partial charge < -0.3 is 14.2 Å². The van der Waals surface area contributed by atoms with Crippen LogP contribution in [0.5, 0.6) is 0 Å². The Hall–Kier alpha value is -2.87. The molecule has 0 aromatic carbocycles. The maximum atomic E-state index is 5.61. The van der Waals surface area contributed by atoms with Crippen LogP contribution in [0.3, 0.4) is 0 Å². The van der Waals surface area contributed by atoms with Crippen LogP contribution in [0.1, 0.15) is 36.8 Å². The molecule has 8 heteroatoms. The van der Waals surface area contributed by atoms with Crippen molar-refractivity contribution in [1.29, 1.82) is 0 Å². The number of pyridine rings is 1. The predicted octanol–water partition coefficient (Wildman–Crippen LogP) is 2.76. The van der Waals surface area contributed by atoms with E-state index < -0.39 is 0 Å². The topological polar surface area (TPSA) is 90.1 Å². The summed E-state index contributed by atoms with van der Waals surface area (Å²) in [4.78, 5) is 20.4. The number of nitrogens with zero attached hydrogens (tertiary/aromatic N) is 6. The zero-order chi connectivity index (χ0) is 18.8. The predicted molar refractivity (Wildman–Crippen MR) is 99.2 cm³/mol. The first kappa shape index (κ1) is 17.5. The molecule has 1 saturated heterocycles. The molecule has 0 bridgehead atoms. The fourth-order valence-electron chi connectivity index (χ4n) is 3.32. The van der Waals surface area contributed by atoms with Gasteiger partial charge in [0.25, 0.3) is 0 Å². The van der Waals surface area contributed by atoms with Gasteiger partial charge in [-0.2, -0.15) is 4.98 Å². The maximum Gasteiger partial charge on any atom is 0.249 e. The summed E-state index contributed by atoms with van der Waals surface area (Å²) in [6, 6.07) is 7.67. The van der Waals surface area contributed by atoms with Crippen LogP contribution in [0.4, 0.5) is 5.82 Å². The van der Waals surface area contributed by atoms with Gasteiger partial charge in [-0.3, -0.25) is 4.98 Å². The lowest BCUT2D eigenvalue weighted by atomic mass is 10.2. The lowest BCUT2D eigenvalue weighted by molar-refractivity contribution is 0.117. The van der Waals surface area contributed by atoms with Gasteiger partial charge in [-0.1, -0.05) is 18.1 Å². The first-order valence-electron chi connectivity index (χ1n) is 9.07. The van der Waals surface area contributed by atoms with E-state index >= 15 is 0 Å². The highest BCUT2D eigenvalue weighted by Gasteiger charge is 2.38. The molecule has 0 N–H and O–H groups in total. The molecule has 140 valence electrons. The van der Waals surface area contributed by atoms with Gasteiger partial charge in [0.15, 0.2) is 11.6 Å². The smallest absolute Gasteiger partial charge is 0.249 e. The van der Waals surface area contributed by atoms with Crippen LogP contribution in [0, 0.1) is 6.92 Å². The molecule has 0 aliphatic carbocycles. The molecule has 0 spiro atoms. The monoisotopic (exact) mass is 366 g/mol. The minimum absolute atomic E-state index is 0.0700. The van der Waals surface area contributed by atoms with Crippen LogP contribution < -0.4 is 4.90 Å². The standard InChI is InChI=1S/C19H22N6O2/c1-4-13-9-17(23-18(22-13)15-7-5-6-8-20-15)25-11-14(26-3)10-16(25)19-21-12(2)24-27-19/h5-9,14,16H,4,10-11H2,1-3H3. The molecule has 0 amide bonds. The molecule has 0 saturated carbocycles. The Bertz CT molecular complexity index is 914. The highest BCUT2D eigenvalue weighted by molar-refractivity contribution is 5.54. The molecule has 1 aliphatic heterocycles. The Morgan fingerprint density at radius 3 is 2.81 bits per heavy atom. The van der Waals surface area contributed by atoms with Crippen molar-refractivity contribution < 1.29 is 9.26 Å². The zero-order valence-electron chi connectivity index (χ0n) is 15.7. The van der Waals surface area contributed by atoms with Crippen LogP contribution >= 0.6 is 0 Å². The van der Waals surface area contributed by atoms with E-state index in [-0.39, 0.29) is 12.1 Å². The van der Waals surface area contributed by atoms with E-state index in [1.54, 1.807) is 13.3 Å². The second-order valence-electron chi connectivity index (χ2n) is 6.55. The molecular weight excluding hydrogens is 344 g/mol. The minimum atomic E-state index is -0.0765. The van der Waals surface area contributed by atoms with Crippen molar-refractivity contribution in [2.24, 2.45) is 0 Å². The number of hydrogen-bond acceptors (Lipinski definition) is 8. The molecular formula is C19H22N6O2. The number of hydrogen-bond donors (Lipinski definition) is 0.